The molecule has 4 nitrogen and oxygen atoms in total. The molecule has 0 spiro atoms. The Labute approximate surface area is 185 Å². The molecule has 0 heterocycles. The predicted octanol–water partition coefficient (Wildman–Crippen LogP) is 5.96. The van der Waals surface area contributed by atoms with Crippen LogP contribution in [0.25, 0.3) is 0 Å². The van der Waals surface area contributed by atoms with Gasteiger partial charge in [0.05, 0.1) is 5.02 Å². The van der Waals surface area contributed by atoms with Gasteiger partial charge in [0.2, 0.25) is 0 Å². The van der Waals surface area contributed by atoms with E-state index in [-0.39, 0.29) is 40.9 Å². The summed E-state index contributed by atoms with van der Waals surface area (Å²) in [5, 5.41) is -0.132. The Balaban J connectivity index is -0.000000329. The monoisotopic (exact) mass is 476 g/mol. The van der Waals surface area contributed by atoms with Crippen molar-refractivity contribution in [2.45, 2.75) is 26.3 Å². The summed E-state index contributed by atoms with van der Waals surface area (Å²) in [7, 11) is 0. The van der Waals surface area contributed by atoms with Gasteiger partial charge in [-0.2, -0.15) is 0 Å². The lowest BCUT2D eigenvalue weighted by molar-refractivity contribution is 0.108. The summed E-state index contributed by atoms with van der Waals surface area (Å²) in [5.41, 5.74) is 4.26. The molecule has 0 aliphatic carbocycles. The Morgan fingerprint density at radius 3 is 1.89 bits per heavy atom. The fraction of sp³-hybridized carbons (Fsp3) is 0.222. The Kier molecular flexibility index (Phi) is 18.7. The van der Waals surface area contributed by atoms with E-state index in [1.807, 2.05) is 26.8 Å². The highest BCUT2D eigenvalue weighted by molar-refractivity contribution is 6.67. The number of carbonyl (C=O) groups excluding carboxylic acids is 2. The first kappa shape index (κ1) is 31.4. The largest absolute Gasteiger partial charge is 0.298 e. The van der Waals surface area contributed by atoms with Crippen LogP contribution in [-0.2, 0) is 0 Å². The van der Waals surface area contributed by atoms with E-state index in [0.717, 1.165) is 6.07 Å². The van der Waals surface area contributed by atoms with Gasteiger partial charge in [0.15, 0.2) is 6.29 Å². The summed E-state index contributed by atoms with van der Waals surface area (Å²) in [6.07, 6.45) is 0.519. The topological polar surface area (TPSA) is 58.2 Å². The summed E-state index contributed by atoms with van der Waals surface area (Å²) in [4.78, 5) is 20.5. The third-order valence-corrected chi connectivity index (χ3v) is 3.07. The van der Waals surface area contributed by atoms with Crippen LogP contribution in [0, 0.1) is 5.82 Å². The van der Waals surface area contributed by atoms with E-state index in [2.05, 4.69) is 5.43 Å². The van der Waals surface area contributed by atoms with Gasteiger partial charge in [-0.15, -0.1) is 29.3 Å². The van der Waals surface area contributed by atoms with Gasteiger partial charge in [0, 0.05) is 16.7 Å². The molecule has 2 aromatic rings. The van der Waals surface area contributed by atoms with Crippen LogP contribution < -0.4 is 11.1 Å². The maximum atomic E-state index is 12.3. The second kappa shape index (κ2) is 16.7. The summed E-state index contributed by atoms with van der Waals surface area (Å²) < 4.78 is 23.4. The molecule has 0 atom stereocenters. The minimum absolute atomic E-state index is 0. The number of nitrogens with one attached hydrogen (secondary N) is 2. The van der Waals surface area contributed by atoms with Crippen LogP contribution in [0.3, 0.4) is 0 Å². The van der Waals surface area contributed by atoms with Crippen molar-refractivity contribution in [3.8, 4) is 0 Å². The van der Waals surface area contributed by atoms with Crippen LogP contribution in [0.4, 0.5) is 8.87 Å². The summed E-state index contributed by atoms with van der Waals surface area (Å²) >= 11 is 10.7. The molecule has 0 fully saturated rings. The normalized spacial score (nSPS) is 9.25. The molecule has 0 aliphatic rings. The van der Waals surface area contributed by atoms with Gasteiger partial charge in [-0.25, -0.2) is 9.82 Å². The second-order valence-corrected chi connectivity index (χ2v) is 6.64. The number of aldehydes is 1. The minimum atomic E-state index is -0.452. The lowest BCUT2D eigenvalue weighted by atomic mass is 10.1. The average Bonchev–Trinajstić information content (AvgIpc) is 2.58. The van der Waals surface area contributed by atoms with Crippen molar-refractivity contribution in [3.05, 3.63) is 70.5 Å². The van der Waals surface area contributed by atoms with E-state index in [4.69, 9.17) is 23.2 Å². The fourth-order valence-electron chi connectivity index (χ4n) is 1.32. The highest BCUT2D eigenvalue weighted by atomic mass is 35.5. The molecule has 0 unspecified atom stereocenters. The Morgan fingerprint density at radius 2 is 1.61 bits per heavy atom. The third-order valence-electron chi connectivity index (χ3n) is 2.51. The zero-order valence-electron chi connectivity index (χ0n) is 15.3. The molecule has 0 amide bonds. The van der Waals surface area contributed by atoms with E-state index in [1.165, 1.54) is 17.8 Å². The molecule has 0 saturated carbocycles. The molecular weight excluding hydrogens is 456 g/mol. The first-order valence-electron chi connectivity index (χ1n) is 7.38. The molecule has 2 rings (SSSR count). The molecule has 158 valence electrons. The highest BCUT2D eigenvalue weighted by Gasteiger charge is 2.06. The molecule has 2 N–H and O–H groups in total. The number of carbonyl (C=O) groups is 2. The lowest BCUT2D eigenvalue weighted by Crippen LogP contribution is -2.41. The maximum Gasteiger partial charge on any atom is 0.252 e. The molecule has 2 aromatic carbocycles. The molecular formula is C18H22Cl4F2N2O2. The van der Waals surface area contributed by atoms with Gasteiger partial charge >= 0.3 is 0 Å². The zero-order chi connectivity index (χ0) is 20.2. The van der Waals surface area contributed by atoms with E-state index >= 15 is 0 Å². The fourth-order valence-corrected chi connectivity index (χ4v) is 1.60. The second-order valence-electron chi connectivity index (χ2n) is 5.89. The molecule has 0 saturated heterocycles. The molecule has 0 aromatic heterocycles. The highest BCUT2D eigenvalue weighted by Crippen LogP contribution is 2.14. The Bertz CT molecular complexity index is 700. The van der Waals surface area contributed by atoms with Crippen LogP contribution >= 0.6 is 48.0 Å². The van der Waals surface area contributed by atoms with Gasteiger partial charge < -0.3 is 0 Å². The number of rotatable bonds is 3. The van der Waals surface area contributed by atoms with Gasteiger partial charge in [-0.05, 0) is 50.6 Å². The number of hydrogen-bond acceptors (Lipinski definition) is 4. The summed E-state index contributed by atoms with van der Waals surface area (Å²) in [5.74, 6) is -0.452. The SMILES string of the molecule is CC(C)(C)NNF.Cl.Cl.O=C(Cl)c1ccccc1.O=Cc1cc(F)ccc1Cl. The van der Waals surface area contributed by atoms with Crippen LogP contribution in [0.15, 0.2) is 48.5 Å². The van der Waals surface area contributed by atoms with Gasteiger partial charge in [-0.3, -0.25) is 9.59 Å². The van der Waals surface area contributed by atoms with Crippen LogP contribution in [0.1, 0.15) is 41.5 Å². The maximum absolute atomic E-state index is 12.3. The van der Waals surface area contributed by atoms with Crippen molar-refractivity contribution >= 4 is 59.5 Å². The summed E-state index contributed by atoms with van der Waals surface area (Å²) in [6, 6.07) is 12.4. The number of benzene rings is 2. The number of hydrazine groups is 1. The number of hydrogen-bond donors (Lipinski definition) is 2. The van der Waals surface area contributed by atoms with E-state index < -0.39 is 11.1 Å². The van der Waals surface area contributed by atoms with Crippen LogP contribution in [-0.4, -0.2) is 17.1 Å². The Morgan fingerprint density at radius 1 is 1.07 bits per heavy atom. The average molecular weight is 478 g/mol. The van der Waals surface area contributed by atoms with Gasteiger partial charge in [0.1, 0.15) is 5.82 Å². The van der Waals surface area contributed by atoms with E-state index in [1.54, 1.807) is 24.3 Å². The van der Waals surface area contributed by atoms with Gasteiger partial charge in [0.25, 0.3) is 5.24 Å². The molecule has 0 bridgehead atoms. The molecule has 10 heteroatoms. The first-order valence-corrected chi connectivity index (χ1v) is 8.14. The quantitative estimate of drug-likeness (QED) is 0.247. The zero-order valence-corrected chi connectivity index (χ0v) is 18.5. The van der Waals surface area contributed by atoms with Crippen LogP contribution in [0.2, 0.25) is 5.02 Å². The molecule has 0 radical (unpaired) electrons. The van der Waals surface area contributed by atoms with E-state index in [9.17, 15) is 18.5 Å². The molecule has 0 aliphatic heterocycles. The third kappa shape index (κ3) is 15.7. The first-order chi connectivity index (χ1) is 12.1. The van der Waals surface area contributed by atoms with Crippen LogP contribution in [0.5, 0.6) is 0 Å². The van der Waals surface area contributed by atoms with Crippen molar-refractivity contribution in [2.75, 3.05) is 0 Å². The van der Waals surface area contributed by atoms with Crippen molar-refractivity contribution in [1.29, 1.82) is 0 Å². The molecule has 28 heavy (non-hydrogen) atoms. The van der Waals surface area contributed by atoms with Crippen molar-refractivity contribution in [3.63, 3.8) is 0 Å². The predicted molar refractivity (Wildman–Crippen MR) is 115 cm³/mol. The standard InChI is InChI=1S/C7H4ClFO.C7H5ClO.C4H11FN2.2ClH/c8-7-2-1-6(9)3-5(7)4-10;8-7(9)6-4-2-1-3-5-6;1-4(2,3)6-7-5;;/h1-4H;1-5H;6-7H,1-3H3;2*1H. The Hall–Kier alpha value is -1.28. The minimum Gasteiger partial charge on any atom is -0.298 e. The van der Waals surface area contributed by atoms with Crippen molar-refractivity contribution < 1.29 is 18.5 Å². The lowest BCUT2D eigenvalue weighted by Gasteiger charge is -2.16. The number of halogens is 6. The summed E-state index contributed by atoms with van der Waals surface area (Å²) in [6.45, 7) is 5.58. The smallest absolute Gasteiger partial charge is 0.252 e. The van der Waals surface area contributed by atoms with E-state index in [0.29, 0.717) is 11.8 Å². The van der Waals surface area contributed by atoms with Gasteiger partial charge in [-0.1, -0.05) is 47.6 Å². The van der Waals surface area contributed by atoms with Crippen molar-refractivity contribution in [1.82, 2.24) is 11.1 Å². The van der Waals surface area contributed by atoms with Crippen molar-refractivity contribution in [2.24, 2.45) is 0 Å².